The standard InChI is InChI=1S/C22H33ClN2O5S3/c1-22(2,11-5-8-18-9-6-12-31-18)24-14-17(26)15-25(3)33(29,30)20-13-16(21(23)32-20)7-4-10-19(27)28/h6,9,12-13,17,24,26H,4-5,7-8,10-11,14-15H2,1-3H3,(H,27,28). The third-order valence-corrected chi connectivity index (χ3v) is 9.97. The Bertz CT molecular complexity index is 990. The van der Waals surface area contributed by atoms with E-state index in [1.165, 1.54) is 18.0 Å². The van der Waals surface area contributed by atoms with Crippen LogP contribution in [-0.2, 0) is 27.7 Å². The molecule has 0 saturated heterocycles. The summed E-state index contributed by atoms with van der Waals surface area (Å²) < 4.78 is 27.4. The van der Waals surface area contributed by atoms with Crippen molar-refractivity contribution >= 4 is 50.3 Å². The van der Waals surface area contributed by atoms with E-state index in [1.807, 2.05) is 0 Å². The van der Waals surface area contributed by atoms with Gasteiger partial charge in [-0.15, -0.1) is 22.7 Å². The number of carboxylic acid groups (broad SMARTS) is 1. The number of hydrogen-bond donors (Lipinski definition) is 3. The highest BCUT2D eigenvalue weighted by Gasteiger charge is 2.27. The summed E-state index contributed by atoms with van der Waals surface area (Å²) in [5.74, 6) is -0.901. The molecule has 0 aliphatic carbocycles. The molecule has 0 aromatic carbocycles. The third kappa shape index (κ3) is 9.28. The van der Waals surface area contributed by atoms with Gasteiger partial charge in [0.2, 0.25) is 0 Å². The van der Waals surface area contributed by atoms with Gasteiger partial charge >= 0.3 is 5.97 Å². The molecular weight excluding hydrogens is 504 g/mol. The first-order valence-corrected chi connectivity index (χ1v) is 14.3. The van der Waals surface area contributed by atoms with Crippen LogP contribution in [0.4, 0.5) is 0 Å². The van der Waals surface area contributed by atoms with Gasteiger partial charge in [-0.25, -0.2) is 8.42 Å². The van der Waals surface area contributed by atoms with Gasteiger partial charge in [0.1, 0.15) is 4.21 Å². The van der Waals surface area contributed by atoms with E-state index < -0.39 is 22.1 Å². The SMILES string of the molecule is CN(CC(O)CNC(C)(C)CCCc1cccs1)S(=O)(=O)c1cc(CCCC(=O)O)c(Cl)s1. The zero-order valence-corrected chi connectivity index (χ0v) is 22.4. The molecule has 2 aromatic heterocycles. The first-order chi connectivity index (χ1) is 15.4. The van der Waals surface area contributed by atoms with E-state index in [1.54, 1.807) is 11.3 Å². The summed E-state index contributed by atoms with van der Waals surface area (Å²) >= 11 is 8.89. The Kier molecular flexibility index (Phi) is 10.8. The molecule has 0 aliphatic heterocycles. The van der Waals surface area contributed by atoms with E-state index in [0.717, 1.165) is 34.9 Å². The largest absolute Gasteiger partial charge is 0.481 e. The van der Waals surface area contributed by atoms with Gasteiger partial charge in [-0.2, -0.15) is 4.31 Å². The first-order valence-electron chi connectivity index (χ1n) is 10.8. The molecule has 2 rings (SSSR count). The fourth-order valence-electron chi connectivity index (χ4n) is 3.36. The Morgan fingerprint density at radius 3 is 2.67 bits per heavy atom. The summed E-state index contributed by atoms with van der Waals surface area (Å²) in [4.78, 5) is 12.0. The van der Waals surface area contributed by atoms with E-state index in [-0.39, 0.29) is 29.3 Å². The van der Waals surface area contributed by atoms with Crippen molar-refractivity contribution in [3.05, 3.63) is 38.4 Å². The lowest BCUT2D eigenvalue weighted by atomic mass is 9.96. The maximum atomic E-state index is 12.9. The summed E-state index contributed by atoms with van der Waals surface area (Å²) in [7, 11) is -2.37. The van der Waals surface area contributed by atoms with Crippen molar-refractivity contribution in [2.75, 3.05) is 20.1 Å². The van der Waals surface area contributed by atoms with Gasteiger partial charge in [0, 0.05) is 37.0 Å². The van der Waals surface area contributed by atoms with Crippen molar-refractivity contribution in [2.24, 2.45) is 0 Å². The Labute approximate surface area is 209 Å². The molecule has 2 heterocycles. The highest BCUT2D eigenvalue weighted by atomic mass is 35.5. The van der Waals surface area contributed by atoms with Gasteiger partial charge in [-0.3, -0.25) is 4.79 Å². The summed E-state index contributed by atoms with van der Waals surface area (Å²) in [6.07, 6.45) is 2.89. The number of aryl methyl sites for hydroxylation is 2. The molecule has 3 N–H and O–H groups in total. The second kappa shape index (κ2) is 12.6. The predicted molar refractivity (Wildman–Crippen MR) is 135 cm³/mol. The monoisotopic (exact) mass is 536 g/mol. The lowest BCUT2D eigenvalue weighted by Gasteiger charge is -2.29. The van der Waals surface area contributed by atoms with Crippen LogP contribution in [0.15, 0.2) is 27.8 Å². The van der Waals surface area contributed by atoms with Gasteiger partial charge in [0.05, 0.1) is 10.4 Å². The van der Waals surface area contributed by atoms with Crippen LogP contribution in [-0.4, -0.2) is 60.7 Å². The average molecular weight is 537 g/mol. The molecule has 11 heteroatoms. The van der Waals surface area contributed by atoms with Crippen LogP contribution in [0, 0.1) is 0 Å². The second-order valence-corrected chi connectivity index (χ2v) is 13.7. The Hall–Kier alpha value is -1.01. The summed E-state index contributed by atoms with van der Waals surface area (Å²) in [5.41, 5.74) is 0.448. The van der Waals surface area contributed by atoms with Gasteiger partial charge in [-0.1, -0.05) is 17.7 Å². The molecule has 0 aliphatic rings. The number of aliphatic hydroxyl groups excluding tert-OH is 1. The van der Waals surface area contributed by atoms with Crippen molar-refractivity contribution in [1.29, 1.82) is 0 Å². The number of rotatable bonds is 15. The van der Waals surface area contributed by atoms with Crippen molar-refractivity contribution in [3.63, 3.8) is 0 Å². The molecular formula is C22H33ClN2O5S3. The third-order valence-electron chi connectivity index (χ3n) is 5.33. The van der Waals surface area contributed by atoms with Crippen LogP contribution in [0.5, 0.6) is 0 Å². The zero-order chi connectivity index (χ0) is 24.6. The first kappa shape index (κ1) is 28.2. The number of aliphatic carboxylic acids is 1. The number of hydrogen-bond acceptors (Lipinski definition) is 7. The fourth-order valence-corrected chi connectivity index (χ4v) is 7.34. The second-order valence-electron chi connectivity index (χ2n) is 8.75. The summed E-state index contributed by atoms with van der Waals surface area (Å²) in [6.45, 7) is 4.38. The zero-order valence-electron chi connectivity index (χ0n) is 19.2. The fraction of sp³-hybridized carbons (Fsp3) is 0.591. The molecule has 2 aromatic rings. The Morgan fingerprint density at radius 1 is 1.30 bits per heavy atom. The van der Waals surface area contributed by atoms with Crippen molar-refractivity contribution in [1.82, 2.24) is 9.62 Å². The number of thiophene rings is 2. The van der Waals surface area contributed by atoms with Gasteiger partial charge < -0.3 is 15.5 Å². The number of β-amino-alcohol motifs (C(OH)–C–C–N with tert-alkyl or cyclic N) is 1. The minimum absolute atomic E-state index is 0.00225. The number of nitrogens with zero attached hydrogens (tertiary/aromatic N) is 1. The topological polar surface area (TPSA) is 107 Å². The van der Waals surface area contributed by atoms with Crippen molar-refractivity contribution in [2.45, 2.75) is 68.2 Å². The summed E-state index contributed by atoms with van der Waals surface area (Å²) in [6, 6.07) is 5.68. The van der Waals surface area contributed by atoms with E-state index in [0.29, 0.717) is 22.7 Å². The Morgan fingerprint density at radius 2 is 2.03 bits per heavy atom. The van der Waals surface area contributed by atoms with Crippen LogP contribution < -0.4 is 5.32 Å². The normalized spacial score (nSPS) is 13.5. The molecule has 0 bridgehead atoms. The minimum Gasteiger partial charge on any atom is -0.481 e. The molecule has 186 valence electrons. The lowest BCUT2D eigenvalue weighted by Crippen LogP contribution is -2.46. The molecule has 0 radical (unpaired) electrons. The van der Waals surface area contributed by atoms with E-state index >= 15 is 0 Å². The van der Waals surface area contributed by atoms with E-state index in [2.05, 4.69) is 36.7 Å². The minimum atomic E-state index is -3.81. The molecule has 1 atom stereocenters. The highest BCUT2D eigenvalue weighted by molar-refractivity contribution is 7.91. The van der Waals surface area contributed by atoms with Gasteiger partial charge in [0.25, 0.3) is 10.0 Å². The number of sulfonamides is 1. The van der Waals surface area contributed by atoms with Crippen molar-refractivity contribution < 1.29 is 23.4 Å². The maximum Gasteiger partial charge on any atom is 0.303 e. The van der Waals surface area contributed by atoms with Crippen LogP contribution in [0.25, 0.3) is 0 Å². The molecule has 33 heavy (non-hydrogen) atoms. The molecule has 7 nitrogen and oxygen atoms in total. The van der Waals surface area contributed by atoms with E-state index in [9.17, 15) is 18.3 Å². The van der Waals surface area contributed by atoms with E-state index in [4.69, 9.17) is 16.7 Å². The molecule has 0 fully saturated rings. The molecule has 1 unspecified atom stereocenters. The van der Waals surface area contributed by atoms with Crippen LogP contribution in [0.1, 0.15) is 50.0 Å². The number of likely N-dealkylation sites (N-methyl/N-ethyl adjacent to an activating group) is 1. The number of halogens is 1. The smallest absolute Gasteiger partial charge is 0.303 e. The highest BCUT2D eigenvalue weighted by Crippen LogP contribution is 2.33. The van der Waals surface area contributed by atoms with Gasteiger partial charge in [-0.05, 0) is 69.0 Å². The summed E-state index contributed by atoms with van der Waals surface area (Å²) in [5, 5.41) is 24.6. The van der Waals surface area contributed by atoms with Crippen molar-refractivity contribution in [3.8, 4) is 0 Å². The number of aliphatic hydroxyl groups is 1. The molecule has 0 amide bonds. The number of carboxylic acids is 1. The quantitative estimate of drug-likeness (QED) is 0.314. The molecule has 0 spiro atoms. The lowest BCUT2D eigenvalue weighted by molar-refractivity contribution is -0.137. The van der Waals surface area contributed by atoms with Crippen LogP contribution >= 0.6 is 34.3 Å². The van der Waals surface area contributed by atoms with Gasteiger partial charge in [0.15, 0.2) is 0 Å². The van der Waals surface area contributed by atoms with Crippen LogP contribution in [0.2, 0.25) is 4.34 Å². The Balaban J connectivity index is 1.84. The maximum absolute atomic E-state index is 12.9. The average Bonchev–Trinajstić information content (AvgIpc) is 3.36. The van der Waals surface area contributed by atoms with Crippen LogP contribution in [0.3, 0.4) is 0 Å². The molecule has 0 saturated carbocycles. The predicted octanol–water partition coefficient (Wildman–Crippen LogP) is 4.24. The number of carbonyl (C=O) groups is 1. The number of nitrogens with one attached hydrogen (secondary N) is 1.